The highest BCUT2D eigenvalue weighted by Gasteiger charge is 2.11. The van der Waals surface area contributed by atoms with E-state index in [1.54, 1.807) is 23.9 Å². The van der Waals surface area contributed by atoms with Crippen molar-refractivity contribution in [2.75, 3.05) is 6.26 Å². The zero-order chi connectivity index (χ0) is 13.8. The molecule has 2 aromatic carbocycles. The molecule has 0 unspecified atom stereocenters. The first-order chi connectivity index (χ1) is 9.11. The van der Waals surface area contributed by atoms with Crippen molar-refractivity contribution in [3.8, 4) is 11.5 Å². The summed E-state index contributed by atoms with van der Waals surface area (Å²) in [6, 6.07) is 13.2. The van der Waals surface area contributed by atoms with Crippen LogP contribution < -0.4 is 4.74 Å². The Labute approximate surface area is 125 Å². The van der Waals surface area contributed by atoms with Gasteiger partial charge in [-0.2, -0.15) is 0 Å². The number of thioether (sulfide) groups is 1. The number of benzene rings is 2. The Balaban J connectivity index is 2.41. The molecule has 0 amide bonds. The van der Waals surface area contributed by atoms with Crippen molar-refractivity contribution in [1.29, 1.82) is 0 Å². The van der Waals surface area contributed by atoms with Gasteiger partial charge in [-0.25, -0.2) is 0 Å². The number of hydrogen-bond acceptors (Lipinski definition) is 3. The summed E-state index contributed by atoms with van der Waals surface area (Å²) in [5, 5.41) is 0. The van der Waals surface area contributed by atoms with Crippen LogP contribution in [0.5, 0.6) is 11.5 Å². The molecule has 0 heterocycles. The van der Waals surface area contributed by atoms with Crippen molar-refractivity contribution in [3.05, 3.63) is 52.5 Å². The summed E-state index contributed by atoms with van der Waals surface area (Å²) >= 11 is 4.98. The second kappa shape index (κ2) is 6.26. The molecule has 0 fully saturated rings. The molecular formula is C15H13BrO2S. The monoisotopic (exact) mass is 336 g/mol. The molecule has 0 bridgehead atoms. The topological polar surface area (TPSA) is 26.3 Å². The first-order valence-electron chi connectivity index (χ1n) is 5.73. The van der Waals surface area contributed by atoms with Crippen molar-refractivity contribution in [3.63, 3.8) is 0 Å². The maximum atomic E-state index is 11.7. The first-order valence-corrected chi connectivity index (χ1v) is 7.75. The lowest BCUT2D eigenvalue weighted by atomic mass is 10.1. The lowest BCUT2D eigenvalue weighted by Gasteiger charge is -2.12. The maximum absolute atomic E-state index is 11.7. The number of hydrogen-bond donors (Lipinski definition) is 0. The highest BCUT2D eigenvalue weighted by Crippen LogP contribution is 2.33. The lowest BCUT2D eigenvalue weighted by Crippen LogP contribution is -1.97. The molecule has 0 saturated carbocycles. The molecule has 0 aliphatic rings. The average molecular weight is 337 g/mol. The van der Waals surface area contributed by atoms with Gasteiger partial charge in [0.25, 0.3) is 0 Å². The molecule has 0 aliphatic heterocycles. The molecule has 19 heavy (non-hydrogen) atoms. The SMILES string of the molecule is CSc1ccccc1Oc1ccc(Br)cc1C(C)=O. The molecule has 2 nitrogen and oxygen atoms in total. The van der Waals surface area contributed by atoms with E-state index in [1.165, 1.54) is 6.92 Å². The Bertz CT molecular complexity index is 611. The van der Waals surface area contributed by atoms with Gasteiger partial charge in [0.2, 0.25) is 0 Å². The minimum Gasteiger partial charge on any atom is -0.455 e. The summed E-state index contributed by atoms with van der Waals surface area (Å²) in [7, 11) is 0. The largest absolute Gasteiger partial charge is 0.455 e. The molecule has 98 valence electrons. The van der Waals surface area contributed by atoms with Crippen LogP contribution in [0.2, 0.25) is 0 Å². The summed E-state index contributed by atoms with van der Waals surface area (Å²) in [4.78, 5) is 12.7. The summed E-state index contributed by atoms with van der Waals surface area (Å²) in [6.45, 7) is 1.54. The Morgan fingerprint density at radius 2 is 1.89 bits per heavy atom. The van der Waals surface area contributed by atoms with Crippen molar-refractivity contribution < 1.29 is 9.53 Å². The molecule has 0 N–H and O–H groups in total. The Morgan fingerprint density at radius 1 is 1.16 bits per heavy atom. The highest BCUT2D eigenvalue weighted by atomic mass is 79.9. The van der Waals surface area contributed by atoms with Gasteiger partial charge in [0, 0.05) is 9.37 Å². The standard InChI is InChI=1S/C15H13BrO2S/c1-10(17)12-9-11(16)7-8-13(12)18-14-5-3-4-6-15(14)19-2/h3-9H,1-2H3. The first kappa shape index (κ1) is 14.2. The Kier molecular flexibility index (Phi) is 4.66. The van der Waals surface area contributed by atoms with Crippen LogP contribution in [0, 0.1) is 0 Å². The Morgan fingerprint density at radius 3 is 2.58 bits per heavy atom. The van der Waals surface area contributed by atoms with Gasteiger partial charge in [-0.1, -0.05) is 28.1 Å². The van der Waals surface area contributed by atoms with Crippen LogP contribution in [-0.2, 0) is 0 Å². The third-order valence-electron chi connectivity index (χ3n) is 2.61. The Hall–Kier alpha value is -1.26. The molecule has 2 aromatic rings. The van der Waals surface area contributed by atoms with Gasteiger partial charge in [0.15, 0.2) is 5.78 Å². The van der Waals surface area contributed by atoms with E-state index in [9.17, 15) is 4.79 Å². The molecule has 0 saturated heterocycles. The van der Waals surface area contributed by atoms with E-state index >= 15 is 0 Å². The number of rotatable bonds is 4. The van der Waals surface area contributed by atoms with Crippen LogP contribution >= 0.6 is 27.7 Å². The highest BCUT2D eigenvalue weighted by molar-refractivity contribution is 9.10. The van der Waals surface area contributed by atoms with E-state index in [0.29, 0.717) is 11.3 Å². The quantitative estimate of drug-likeness (QED) is 0.569. The second-order valence-corrected chi connectivity index (χ2v) is 5.71. The predicted octanol–water partition coefficient (Wildman–Crippen LogP) is 5.17. The fourth-order valence-corrected chi connectivity index (χ4v) is 2.57. The van der Waals surface area contributed by atoms with Gasteiger partial charge in [-0.15, -0.1) is 11.8 Å². The van der Waals surface area contributed by atoms with Crippen molar-refractivity contribution in [2.24, 2.45) is 0 Å². The van der Waals surface area contributed by atoms with E-state index in [1.807, 2.05) is 36.6 Å². The van der Waals surface area contributed by atoms with E-state index in [4.69, 9.17) is 4.74 Å². The summed E-state index contributed by atoms with van der Waals surface area (Å²) in [6.07, 6.45) is 2.00. The number of ketones is 1. The molecule has 0 radical (unpaired) electrons. The van der Waals surface area contributed by atoms with Crippen LogP contribution in [0.15, 0.2) is 51.8 Å². The fourth-order valence-electron chi connectivity index (χ4n) is 1.69. The normalized spacial score (nSPS) is 10.3. The fraction of sp³-hybridized carbons (Fsp3) is 0.133. The van der Waals surface area contributed by atoms with Gasteiger partial charge in [0.1, 0.15) is 11.5 Å². The van der Waals surface area contributed by atoms with Crippen LogP contribution in [0.1, 0.15) is 17.3 Å². The lowest BCUT2D eigenvalue weighted by molar-refractivity contribution is 0.101. The van der Waals surface area contributed by atoms with Crippen molar-refractivity contribution >= 4 is 33.5 Å². The third kappa shape index (κ3) is 3.39. The van der Waals surface area contributed by atoms with Crippen LogP contribution in [-0.4, -0.2) is 12.0 Å². The molecule has 0 spiro atoms. The summed E-state index contributed by atoms with van der Waals surface area (Å²) in [5.41, 5.74) is 0.574. The van der Waals surface area contributed by atoms with Gasteiger partial charge >= 0.3 is 0 Å². The minimum atomic E-state index is -0.0158. The molecule has 0 aliphatic carbocycles. The van der Waals surface area contributed by atoms with Crippen molar-refractivity contribution in [2.45, 2.75) is 11.8 Å². The third-order valence-corrected chi connectivity index (χ3v) is 3.88. The van der Waals surface area contributed by atoms with Crippen LogP contribution in [0.4, 0.5) is 0 Å². The predicted molar refractivity (Wildman–Crippen MR) is 82.4 cm³/mol. The zero-order valence-corrected chi connectivity index (χ0v) is 13.0. The summed E-state index contributed by atoms with van der Waals surface area (Å²) < 4.78 is 6.75. The number of carbonyl (C=O) groups is 1. The zero-order valence-electron chi connectivity index (χ0n) is 10.6. The molecule has 4 heteroatoms. The smallest absolute Gasteiger partial charge is 0.163 e. The number of Topliss-reactive ketones (excluding diaryl/α,β-unsaturated/α-hetero) is 1. The molecule has 0 atom stereocenters. The average Bonchev–Trinajstić information content (AvgIpc) is 2.41. The second-order valence-electron chi connectivity index (χ2n) is 3.95. The van der Waals surface area contributed by atoms with Gasteiger partial charge in [-0.3, -0.25) is 4.79 Å². The van der Waals surface area contributed by atoms with E-state index < -0.39 is 0 Å². The van der Waals surface area contributed by atoms with E-state index in [-0.39, 0.29) is 5.78 Å². The molecule has 2 rings (SSSR count). The summed E-state index contributed by atoms with van der Waals surface area (Å²) in [5.74, 6) is 1.33. The molecular weight excluding hydrogens is 324 g/mol. The van der Waals surface area contributed by atoms with Gasteiger partial charge < -0.3 is 4.74 Å². The number of halogens is 1. The number of para-hydroxylation sites is 1. The molecule has 0 aromatic heterocycles. The van der Waals surface area contributed by atoms with E-state index in [0.717, 1.165) is 15.1 Å². The van der Waals surface area contributed by atoms with Gasteiger partial charge in [-0.05, 0) is 43.5 Å². The maximum Gasteiger partial charge on any atom is 0.163 e. The van der Waals surface area contributed by atoms with Crippen molar-refractivity contribution in [1.82, 2.24) is 0 Å². The minimum absolute atomic E-state index is 0.0158. The van der Waals surface area contributed by atoms with Crippen LogP contribution in [0.25, 0.3) is 0 Å². The van der Waals surface area contributed by atoms with Crippen LogP contribution in [0.3, 0.4) is 0 Å². The van der Waals surface area contributed by atoms with Gasteiger partial charge in [0.05, 0.1) is 5.56 Å². The van der Waals surface area contributed by atoms with E-state index in [2.05, 4.69) is 15.9 Å². The number of ether oxygens (including phenoxy) is 1. The number of carbonyl (C=O) groups excluding carboxylic acids is 1.